The number of aryl methyl sites for hydroxylation is 1. The van der Waals surface area contributed by atoms with Gasteiger partial charge in [-0.25, -0.2) is 0 Å². The highest BCUT2D eigenvalue weighted by atomic mass is 16.5. The molecule has 0 aliphatic carbocycles. The van der Waals surface area contributed by atoms with Crippen molar-refractivity contribution in [2.45, 2.75) is 38.0 Å². The highest BCUT2D eigenvalue weighted by molar-refractivity contribution is 5.76. The van der Waals surface area contributed by atoms with Crippen LogP contribution in [-0.2, 0) is 11.2 Å². The predicted molar refractivity (Wildman–Crippen MR) is 103 cm³/mol. The van der Waals surface area contributed by atoms with E-state index >= 15 is 0 Å². The number of aromatic nitrogens is 4. The smallest absolute Gasteiger partial charge is 0.258 e. The van der Waals surface area contributed by atoms with Gasteiger partial charge in [-0.1, -0.05) is 5.16 Å². The Morgan fingerprint density at radius 1 is 1.04 bits per heavy atom. The number of carbonyl (C=O) groups is 1. The van der Waals surface area contributed by atoms with Crippen molar-refractivity contribution in [1.82, 2.24) is 25.0 Å². The van der Waals surface area contributed by atoms with E-state index in [1.165, 1.54) is 5.56 Å². The largest absolute Gasteiger partial charge is 0.343 e. The highest BCUT2D eigenvalue weighted by Gasteiger charge is 2.27. The molecule has 1 saturated heterocycles. The summed E-state index contributed by atoms with van der Waals surface area (Å²) in [5.41, 5.74) is 2.10. The van der Waals surface area contributed by atoms with Gasteiger partial charge in [-0.2, -0.15) is 4.98 Å². The van der Waals surface area contributed by atoms with Crippen LogP contribution in [0.3, 0.4) is 0 Å². The van der Waals surface area contributed by atoms with E-state index in [0.717, 1.165) is 50.2 Å². The normalized spacial score (nSPS) is 14.9. The first-order valence-electron chi connectivity index (χ1n) is 9.70. The summed E-state index contributed by atoms with van der Waals surface area (Å²) in [7, 11) is 0. The first kappa shape index (κ1) is 18.3. The van der Waals surface area contributed by atoms with Crippen LogP contribution in [0.2, 0.25) is 0 Å². The van der Waals surface area contributed by atoms with Gasteiger partial charge in [0.1, 0.15) is 0 Å². The average Bonchev–Trinajstić information content (AvgIpc) is 3.25. The van der Waals surface area contributed by atoms with Crippen LogP contribution in [0.15, 0.2) is 53.6 Å². The first-order chi connectivity index (χ1) is 13.8. The Bertz CT molecular complexity index is 889. The minimum Gasteiger partial charge on any atom is -0.343 e. The number of carbonyl (C=O) groups excluding carboxylic acids is 1. The molecule has 1 aliphatic rings. The van der Waals surface area contributed by atoms with Crippen LogP contribution >= 0.6 is 0 Å². The molecule has 4 heterocycles. The second-order valence-electron chi connectivity index (χ2n) is 7.06. The molecule has 0 spiro atoms. The predicted octanol–water partition coefficient (Wildman–Crippen LogP) is 3.26. The lowest BCUT2D eigenvalue weighted by atomic mass is 9.95. The summed E-state index contributed by atoms with van der Waals surface area (Å²) in [5.74, 6) is 1.72. The molecule has 0 aromatic carbocycles. The van der Waals surface area contributed by atoms with Crippen molar-refractivity contribution in [1.29, 1.82) is 0 Å². The molecule has 28 heavy (non-hydrogen) atoms. The third-order valence-electron chi connectivity index (χ3n) is 5.19. The minimum atomic E-state index is 0.234. The van der Waals surface area contributed by atoms with Crippen molar-refractivity contribution in [3.05, 3.63) is 60.4 Å². The number of nitrogens with zero attached hydrogens (tertiary/aromatic N) is 5. The lowest BCUT2D eigenvalue weighted by Crippen LogP contribution is -2.38. The summed E-state index contributed by atoms with van der Waals surface area (Å²) in [4.78, 5) is 27.0. The molecule has 0 N–H and O–H groups in total. The Morgan fingerprint density at radius 3 is 2.43 bits per heavy atom. The zero-order chi connectivity index (χ0) is 19.2. The second-order valence-corrected chi connectivity index (χ2v) is 7.06. The van der Waals surface area contributed by atoms with Crippen molar-refractivity contribution in [2.75, 3.05) is 13.1 Å². The fourth-order valence-electron chi connectivity index (χ4n) is 3.55. The van der Waals surface area contributed by atoms with Crippen LogP contribution in [0, 0.1) is 0 Å². The number of rotatable bonds is 6. The lowest BCUT2D eigenvalue weighted by Gasteiger charge is -2.30. The van der Waals surface area contributed by atoms with Crippen LogP contribution in [0.25, 0.3) is 11.5 Å². The van der Waals surface area contributed by atoms with Crippen molar-refractivity contribution in [3.8, 4) is 11.5 Å². The number of pyridine rings is 2. The SMILES string of the molecule is O=C(CCCc1ccncc1)N1CCC(c2noc(-c3ccncc3)n2)CC1. The zero-order valence-electron chi connectivity index (χ0n) is 15.7. The van der Waals surface area contributed by atoms with Gasteiger partial charge < -0.3 is 9.42 Å². The number of likely N-dealkylation sites (tertiary alicyclic amines) is 1. The zero-order valence-corrected chi connectivity index (χ0v) is 15.7. The van der Waals surface area contributed by atoms with E-state index in [9.17, 15) is 4.79 Å². The van der Waals surface area contributed by atoms with Gasteiger partial charge >= 0.3 is 0 Å². The Hall–Kier alpha value is -3.09. The van der Waals surface area contributed by atoms with Gasteiger partial charge in [-0.3, -0.25) is 14.8 Å². The molecule has 0 saturated carbocycles. The fourth-order valence-corrected chi connectivity index (χ4v) is 3.55. The van der Waals surface area contributed by atoms with Gasteiger partial charge in [0.15, 0.2) is 5.82 Å². The molecule has 0 atom stereocenters. The van der Waals surface area contributed by atoms with Gasteiger partial charge in [0.25, 0.3) is 5.89 Å². The first-order valence-corrected chi connectivity index (χ1v) is 9.70. The minimum absolute atomic E-state index is 0.234. The fraction of sp³-hybridized carbons (Fsp3) is 0.381. The summed E-state index contributed by atoms with van der Waals surface area (Å²) in [6.45, 7) is 1.50. The molecule has 3 aromatic heterocycles. The van der Waals surface area contributed by atoms with Gasteiger partial charge in [-0.15, -0.1) is 0 Å². The quantitative estimate of drug-likeness (QED) is 0.655. The number of hydrogen-bond acceptors (Lipinski definition) is 6. The van der Waals surface area contributed by atoms with Crippen molar-refractivity contribution in [2.24, 2.45) is 0 Å². The van der Waals surface area contributed by atoms with E-state index in [1.807, 2.05) is 29.2 Å². The Balaban J connectivity index is 1.25. The maximum atomic E-state index is 12.5. The molecule has 7 nitrogen and oxygen atoms in total. The standard InChI is InChI=1S/C21H23N5O2/c27-19(3-1-2-16-4-10-22-11-5-16)26-14-8-17(9-15-26)20-24-21(28-25-20)18-6-12-23-13-7-18/h4-7,10-13,17H,1-3,8-9,14-15H2. The molecule has 1 fully saturated rings. The molecule has 0 unspecified atom stereocenters. The highest BCUT2D eigenvalue weighted by Crippen LogP contribution is 2.28. The van der Waals surface area contributed by atoms with E-state index in [1.54, 1.807) is 24.8 Å². The monoisotopic (exact) mass is 377 g/mol. The van der Waals surface area contributed by atoms with Crippen molar-refractivity contribution >= 4 is 5.91 Å². The topological polar surface area (TPSA) is 85.0 Å². The van der Waals surface area contributed by atoms with E-state index < -0.39 is 0 Å². The molecule has 4 rings (SSSR count). The van der Waals surface area contributed by atoms with Gasteiger partial charge in [-0.05, 0) is 55.5 Å². The van der Waals surface area contributed by atoms with E-state index in [0.29, 0.717) is 12.3 Å². The summed E-state index contributed by atoms with van der Waals surface area (Å²) in [5, 5.41) is 4.15. The van der Waals surface area contributed by atoms with Crippen LogP contribution in [0.4, 0.5) is 0 Å². The third kappa shape index (κ3) is 4.42. The molecule has 0 radical (unpaired) electrons. The van der Waals surface area contributed by atoms with Gasteiger partial charge in [0.2, 0.25) is 5.91 Å². The third-order valence-corrected chi connectivity index (χ3v) is 5.19. The maximum Gasteiger partial charge on any atom is 0.258 e. The molecular formula is C21H23N5O2. The van der Waals surface area contributed by atoms with E-state index in [2.05, 4.69) is 20.1 Å². The summed E-state index contributed by atoms with van der Waals surface area (Å²) < 4.78 is 5.40. The maximum absolute atomic E-state index is 12.5. The second kappa shape index (κ2) is 8.73. The van der Waals surface area contributed by atoms with Crippen molar-refractivity contribution < 1.29 is 9.32 Å². The number of amides is 1. The Kier molecular flexibility index (Phi) is 5.70. The molecule has 144 valence electrons. The molecule has 1 amide bonds. The molecule has 0 bridgehead atoms. The summed E-state index contributed by atoms with van der Waals surface area (Å²) >= 11 is 0. The van der Waals surface area contributed by atoms with Crippen LogP contribution < -0.4 is 0 Å². The molecule has 3 aromatic rings. The van der Waals surface area contributed by atoms with Crippen LogP contribution in [0.1, 0.15) is 43.0 Å². The van der Waals surface area contributed by atoms with Gasteiger partial charge in [0.05, 0.1) is 0 Å². The Labute approximate surface area is 163 Å². The van der Waals surface area contributed by atoms with Crippen LogP contribution in [0.5, 0.6) is 0 Å². The average molecular weight is 377 g/mol. The van der Waals surface area contributed by atoms with Crippen LogP contribution in [-0.4, -0.2) is 44.0 Å². The van der Waals surface area contributed by atoms with Crippen molar-refractivity contribution in [3.63, 3.8) is 0 Å². The van der Waals surface area contributed by atoms with Gasteiger partial charge in [0, 0.05) is 55.8 Å². The summed E-state index contributed by atoms with van der Waals surface area (Å²) in [6, 6.07) is 7.71. The lowest BCUT2D eigenvalue weighted by molar-refractivity contribution is -0.132. The Morgan fingerprint density at radius 2 is 1.71 bits per heavy atom. The number of piperidine rings is 1. The molecule has 1 aliphatic heterocycles. The molecular weight excluding hydrogens is 354 g/mol. The van der Waals surface area contributed by atoms with E-state index in [4.69, 9.17) is 4.52 Å². The van der Waals surface area contributed by atoms with E-state index in [-0.39, 0.29) is 11.8 Å². The number of hydrogen-bond donors (Lipinski definition) is 0. The summed E-state index contributed by atoms with van der Waals surface area (Å²) in [6.07, 6.45) is 11.1. The molecule has 7 heteroatoms.